The summed E-state index contributed by atoms with van der Waals surface area (Å²) < 4.78 is 6.38. The molecule has 5 heterocycles. The van der Waals surface area contributed by atoms with Crippen LogP contribution < -0.4 is 9.80 Å². The van der Waals surface area contributed by atoms with Crippen LogP contribution in [0.5, 0.6) is 0 Å². The van der Waals surface area contributed by atoms with Crippen LogP contribution in [0.1, 0.15) is 36.9 Å². The van der Waals surface area contributed by atoms with Gasteiger partial charge in [-0.3, -0.25) is 14.9 Å². The average molecular weight is 481 g/mol. The number of rotatable bonds is 5. The summed E-state index contributed by atoms with van der Waals surface area (Å²) in [5.41, 5.74) is 5.63. The average Bonchev–Trinajstić information content (AvgIpc) is 3.69. The predicted octanol–water partition coefficient (Wildman–Crippen LogP) is 3.79. The smallest absolute Gasteiger partial charge is 0.101 e. The maximum absolute atomic E-state index is 9.50. The second-order valence-corrected chi connectivity index (χ2v) is 11.4. The zero-order valence-corrected chi connectivity index (χ0v) is 20.8. The van der Waals surface area contributed by atoms with Gasteiger partial charge in [0.25, 0.3) is 0 Å². The van der Waals surface area contributed by atoms with Crippen molar-refractivity contribution < 1.29 is 4.74 Å². The first-order chi connectivity index (χ1) is 17.6. The number of hydrogen-bond donors (Lipinski definition) is 0. The summed E-state index contributed by atoms with van der Waals surface area (Å²) in [6.07, 6.45) is 6.68. The summed E-state index contributed by atoms with van der Waals surface area (Å²) in [7, 11) is 0. The molecule has 0 N–H and O–H groups in total. The Balaban J connectivity index is 0.982. The van der Waals surface area contributed by atoms with Crippen molar-refractivity contribution in [2.75, 3.05) is 55.6 Å². The van der Waals surface area contributed by atoms with Gasteiger partial charge >= 0.3 is 0 Å². The molecule has 0 bridgehead atoms. The molecule has 2 unspecified atom stereocenters. The van der Waals surface area contributed by atoms with Gasteiger partial charge in [-0.25, -0.2) is 0 Å². The third-order valence-electron chi connectivity index (χ3n) is 8.29. The highest BCUT2D eigenvalue weighted by atomic mass is 16.5. The molecule has 7 heteroatoms. The summed E-state index contributed by atoms with van der Waals surface area (Å²) in [6.45, 7) is 9.44. The molecule has 0 amide bonds. The molecule has 1 aromatic carbocycles. The first-order valence-electron chi connectivity index (χ1n) is 13.2. The van der Waals surface area contributed by atoms with Crippen molar-refractivity contribution in [3.63, 3.8) is 0 Å². The molecule has 36 heavy (non-hydrogen) atoms. The van der Waals surface area contributed by atoms with Gasteiger partial charge in [-0.2, -0.15) is 5.26 Å². The van der Waals surface area contributed by atoms with Crippen molar-refractivity contribution in [2.45, 2.75) is 37.9 Å². The van der Waals surface area contributed by atoms with E-state index in [2.05, 4.69) is 61.9 Å². The molecule has 3 aliphatic heterocycles. The van der Waals surface area contributed by atoms with Gasteiger partial charge in [0, 0.05) is 92.0 Å². The molecule has 7 nitrogen and oxygen atoms in total. The molecule has 184 valence electrons. The van der Waals surface area contributed by atoms with Gasteiger partial charge in [0.05, 0.1) is 23.3 Å². The fourth-order valence-electron chi connectivity index (χ4n) is 6.57. The lowest BCUT2D eigenvalue weighted by Gasteiger charge is -2.61. The van der Waals surface area contributed by atoms with Crippen LogP contribution in [-0.2, 0) is 4.74 Å². The number of ether oxygens (including phenoxy) is 1. The van der Waals surface area contributed by atoms with Crippen LogP contribution in [0.4, 0.5) is 11.4 Å². The van der Waals surface area contributed by atoms with Gasteiger partial charge in [-0.15, -0.1) is 0 Å². The maximum atomic E-state index is 9.50. The SMILES string of the molecule is CC1CN(c2ccc(C#N)c3ncccc23)CC(CN2CC3(C2)CN(c2ccnc(C4CC4)c2)C3)O1. The monoisotopic (exact) mass is 480 g/mol. The Hall–Kier alpha value is -3.21. The van der Waals surface area contributed by atoms with Crippen LogP contribution in [0.25, 0.3) is 10.9 Å². The fourth-order valence-corrected chi connectivity index (χ4v) is 6.57. The number of pyridine rings is 2. The van der Waals surface area contributed by atoms with Crippen molar-refractivity contribution in [3.05, 3.63) is 60.0 Å². The summed E-state index contributed by atoms with van der Waals surface area (Å²) in [4.78, 5) is 16.6. The largest absolute Gasteiger partial charge is 0.370 e. The van der Waals surface area contributed by atoms with Gasteiger partial charge in [0.2, 0.25) is 0 Å². The van der Waals surface area contributed by atoms with Gasteiger partial charge in [-0.1, -0.05) is 0 Å². The topological polar surface area (TPSA) is 68.5 Å². The molecule has 4 fully saturated rings. The molecular formula is C29H32N6O. The number of nitrogens with zero attached hydrogens (tertiary/aromatic N) is 6. The minimum Gasteiger partial charge on any atom is -0.370 e. The van der Waals surface area contributed by atoms with E-state index >= 15 is 0 Å². The highest BCUT2D eigenvalue weighted by Gasteiger charge is 2.52. The fraction of sp³-hybridized carbons (Fsp3) is 0.483. The number of morpholine rings is 1. The quantitative estimate of drug-likeness (QED) is 0.550. The van der Waals surface area contributed by atoms with E-state index in [0.29, 0.717) is 16.9 Å². The minimum atomic E-state index is 0.160. The third-order valence-corrected chi connectivity index (χ3v) is 8.29. The zero-order chi connectivity index (χ0) is 24.3. The van der Waals surface area contributed by atoms with Gasteiger partial charge in [0.15, 0.2) is 0 Å². The van der Waals surface area contributed by atoms with E-state index in [1.54, 1.807) is 6.20 Å². The number of anilines is 2. The molecular weight excluding hydrogens is 448 g/mol. The molecule has 7 rings (SSSR count). The first kappa shape index (κ1) is 22.0. The Kier molecular flexibility index (Phi) is 5.16. The second-order valence-electron chi connectivity index (χ2n) is 11.4. The highest BCUT2D eigenvalue weighted by molar-refractivity contribution is 5.95. The van der Waals surface area contributed by atoms with E-state index in [4.69, 9.17) is 4.74 Å². The van der Waals surface area contributed by atoms with Crippen LogP contribution in [0.3, 0.4) is 0 Å². The van der Waals surface area contributed by atoms with Crippen molar-refractivity contribution in [2.24, 2.45) is 5.41 Å². The van der Waals surface area contributed by atoms with E-state index in [0.717, 1.165) is 62.4 Å². The van der Waals surface area contributed by atoms with Crippen LogP contribution in [0.2, 0.25) is 0 Å². The van der Waals surface area contributed by atoms with E-state index in [1.807, 2.05) is 18.3 Å². The Morgan fingerprint density at radius 2 is 1.89 bits per heavy atom. The van der Waals surface area contributed by atoms with Gasteiger partial charge in [-0.05, 0) is 56.2 Å². The number of nitriles is 1. The minimum absolute atomic E-state index is 0.160. The number of benzene rings is 1. The lowest BCUT2D eigenvalue weighted by Crippen LogP contribution is -2.73. The maximum Gasteiger partial charge on any atom is 0.101 e. The molecule has 3 aromatic rings. The lowest BCUT2D eigenvalue weighted by atomic mass is 9.72. The van der Waals surface area contributed by atoms with Crippen LogP contribution in [0.15, 0.2) is 48.8 Å². The summed E-state index contributed by atoms with van der Waals surface area (Å²) in [6, 6.07) is 14.8. The first-order valence-corrected chi connectivity index (χ1v) is 13.2. The van der Waals surface area contributed by atoms with E-state index < -0.39 is 0 Å². The second kappa shape index (κ2) is 8.43. The van der Waals surface area contributed by atoms with Crippen molar-refractivity contribution in [1.82, 2.24) is 14.9 Å². The Bertz CT molecular complexity index is 1330. The van der Waals surface area contributed by atoms with Crippen LogP contribution in [0, 0.1) is 16.7 Å². The molecule has 3 saturated heterocycles. The highest BCUT2D eigenvalue weighted by Crippen LogP contribution is 2.44. The van der Waals surface area contributed by atoms with Gasteiger partial charge in [0.1, 0.15) is 6.07 Å². The van der Waals surface area contributed by atoms with Gasteiger partial charge < -0.3 is 14.5 Å². The van der Waals surface area contributed by atoms with Crippen LogP contribution in [-0.4, -0.2) is 72.9 Å². The van der Waals surface area contributed by atoms with Crippen molar-refractivity contribution in [3.8, 4) is 6.07 Å². The number of fused-ring (bicyclic) bond motifs is 1. The molecule has 2 atom stereocenters. The Labute approximate surface area is 212 Å². The van der Waals surface area contributed by atoms with E-state index in [1.165, 1.54) is 24.2 Å². The molecule has 1 spiro atoms. The normalized spacial score (nSPS) is 25.4. The molecule has 1 aliphatic carbocycles. The molecule has 0 radical (unpaired) electrons. The van der Waals surface area contributed by atoms with E-state index in [9.17, 15) is 5.26 Å². The van der Waals surface area contributed by atoms with Crippen molar-refractivity contribution >= 4 is 22.3 Å². The van der Waals surface area contributed by atoms with E-state index in [-0.39, 0.29) is 12.2 Å². The standard InChI is InChI=1S/C29H32N6O/c1-20-13-34(27-7-6-22(12-30)28-25(27)3-2-9-32-28)15-24(36-20)14-33-16-29(17-33)18-35(19-29)23-8-10-31-26(11-23)21-4-5-21/h2-3,6-11,20-21,24H,4-5,13-19H2,1H3. The van der Waals surface area contributed by atoms with Crippen molar-refractivity contribution in [1.29, 1.82) is 5.26 Å². The summed E-state index contributed by atoms with van der Waals surface area (Å²) in [5, 5.41) is 10.5. The Morgan fingerprint density at radius 3 is 2.69 bits per heavy atom. The predicted molar refractivity (Wildman–Crippen MR) is 140 cm³/mol. The summed E-state index contributed by atoms with van der Waals surface area (Å²) in [5.74, 6) is 0.704. The number of likely N-dealkylation sites (tertiary alicyclic amines) is 1. The zero-order valence-electron chi connectivity index (χ0n) is 20.8. The number of aromatic nitrogens is 2. The molecule has 4 aliphatic rings. The lowest BCUT2D eigenvalue weighted by molar-refractivity contribution is -0.0809. The van der Waals surface area contributed by atoms with Crippen LogP contribution >= 0.6 is 0 Å². The molecule has 2 aromatic heterocycles. The third kappa shape index (κ3) is 3.89. The molecule has 1 saturated carbocycles. The summed E-state index contributed by atoms with van der Waals surface area (Å²) >= 11 is 0. The number of hydrogen-bond acceptors (Lipinski definition) is 7. The Morgan fingerprint density at radius 1 is 1.03 bits per heavy atom.